The number of halogens is 2. The van der Waals surface area contributed by atoms with Crippen molar-refractivity contribution in [2.24, 2.45) is 0 Å². The maximum atomic E-state index is 13.4. The van der Waals surface area contributed by atoms with Crippen molar-refractivity contribution in [3.05, 3.63) is 64.7 Å². The third-order valence-electron chi connectivity index (χ3n) is 2.97. The first-order valence-corrected chi connectivity index (χ1v) is 5.95. The van der Waals surface area contributed by atoms with Crippen molar-refractivity contribution in [1.82, 2.24) is 0 Å². The molecule has 0 fully saturated rings. The zero-order valence-corrected chi connectivity index (χ0v) is 10.8. The molecule has 2 aromatic rings. The normalized spacial score (nSPS) is 10.3. The summed E-state index contributed by atoms with van der Waals surface area (Å²) in [5.41, 5.74) is 7.22. The van der Waals surface area contributed by atoms with Crippen LogP contribution in [-0.4, -0.2) is 5.97 Å². The average molecular weight is 277 g/mol. The Labute approximate surface area is 115 Å². The van der Waals surface area contributed by atoms with Gasteiger partial charge in [-0.25, -0.2) is 13.6 Å². The first-order valence-electron chi connectivity index (χ1n) is 5.95. The Hall–Kier alpha value is -2.43. The SMILES string of the molecule is Cc1c(N)cccc1C(=O)OCc1ccc(F)cc1F. The maximum absolute atomic E-state index is 13.4. The lowest BCUT2D eigenvalue weighted by molar-refractivity contribution is 0.0468. The van der Waals surface area contributed by atoms with Crippen LogP contribution in [-0.2, 0) is 11.3 Å². The molecule has 5 heteroatoms. The van der Waals surface area contributed by atoms with Gasteiger partial charge in [-0.2, -0.15) is 0 Å². The Kier molecular flexibility index (Phi) is 3.98. The molecule has 0 unspecified atom stereocenters. The number of hydrogen-bond donors (Lipinski definition) is 1. The molecule has 0 aliphatic rings. The van der Waals surface area contributed by atoms with Crippen LogP contribution in [0.4, 0.5) is 14.5 Å². The molecular formula is C15H13F2NO2. The van der Waals surface area contributed by atoms with Gasteiger partial charge >= 0.3 is 5.97 Å². The Balaban J connectivity index is 2.11. The number of nitrogen functional groups attached to an aromatic ring is 1. The predicted molar refractivity (Wildman–Crippen MR) is 71.1 cm³/mol. The quantitative estimate of drug-likeness (QED) is 0.692. The van der Waals surface area contributed by atoms with Crippen molar-refractivity contribution >= 4 is 11.7 Å². The number of rotatable bonds is 3. The third-order valence-corrected chi connectivity index (χ3v) is 2.97. The molecule has 0 radical (unpaired) electrons. The second-order valence-electron chi connectivity index (χ2n) is 4.33. The maximum Gasteiger partial charge on any atom is 0.338 e. The summed E-state index contributed by atoms with van der Waals surface area (Å²) in [5.74, 6) is -2.02. The van der Waals surface area contributed by atoms with Crippen LogP contribution in [0.25, 0.3) is 0 Å². The van der Waals surface area contributed by atoms with Crippen LogP contribution in [0.15, 0.2) is 36.4 Å². The minimum absolute atomic E-state index is 0.112. The number of carbonyl (C=O) groups excluding carboxylic acids is 1. The van der Waals surface area contributed by atoms with Crippen molar-refractivity contribution < 1.29 is 18.3 Å². The zero-order chi connectivity index (χ0) is 14.7. The number of esters is 1. The topological polar surface area (TPSA) is 52.3 Å². The van der Waals surface area contributed by atoms with Crippen LogP contribution in [0.5, 0.6) is 0 Å². The minimum Gasteiger partial charge on any atom is -0.457 e. The first-order chi connectivity index (χ1) is 9.49. The summed E-state index contributed by atoms with van der Waals surface area (Å²) >= 11 is 0. The molecule has 0 heterocycles. The first kappa shape index (κ1) is 14.0. The summed E-state index contributed by atoms with van der Waals surface area (Å²) in [5, 5.41) is 0. The minimum atomic E-state index is -0.748. The van der Waals surface area contributed by atoms with Gasteiger partial charge in [-0.1, -0.05) is 6.07 Å². The fourth-order valence-electron chi connectivity index (χ4n) is 1.73. The molecule has 0 atom stereocenters. The van der Waals surface area contributed by atoms with E-state index in [1.54, 1.807) is 25.1 Å². The van der Waals surface area contributed by atoms with E-state index in [-0.39, 0.29) is 12.2 Å². The zero-order valence-electron chi connectivity index (χ0n) is 10.8. The van der Waals surface area contributed by atoms with Gasteiger partial charge in [0.15, 0.2) is 0 Å². The van der Waals surface area contributed by atoms with E-state index in [2.05, 4.69) is 0 Å². The van der Waals surface area contributed by atoms with E-state index in [1.807, 2.05) is 0 Å². The van der Waals surface area contributed by atoms with Gasteiger partial charge in [0.1, 0.15) is 18.2 Å². The molecule has 0 saturated carbocycles. The number of ether oxygens (including phenoxy) is 1. The number of carbonyl (C=O) groups is 1. The average Bonchev–Trinajstić information content (AvgIpc) is 2.40. The molecule has 0 spiro atoms. The van der Waals surface area contributed by atoms with E-state index in [1.165, 1.54) is 6.07 Å². The Morgan fingerprint density at radius 1 is 1.25 bits per heavy atom. The van der Waals surface area contributed by atoms with E-state index in [9.17, 15) is 13.6 Å². The lowest BCUT2D eigenvalue weighted by atomic mass is 10.1. The molecule has 2 rings (SSSR count). The fourth-order valence-corrected chi connectivity index (χ4v) is 1.73. The summed E-state index contributed by atoms with van der Waals surface area (Å²) in [4.78, 5) is 11.9. The fraction of sp³-hybridized carbons (Fsp3) is 0.133. The van der Waals surface area contributed by atoms with Gasteiger partial charge < -0.3 is 10.5 Å². The second kappa shape index (κ2) is 5.69. The highest BCUT2D eigenvalue weighted by Crippen LogP contribution is 2.18. The van der Waals surface area contributed by atoms with Crippen LogP contribution >= 0.6 is 0 Å². The molecule has 2 aromatic carbocycles. The number of nitrogens with two attached hydrogens (primary N) is 1. The third kappa shape index (κ3) is 2.93. The summed E-state index contributed by atoms with van der Waals surface area (Å²) in [6.45, 7) is 1.43. The molecule has 2 N–H and O–H groups in total. The highest BCUT2D eigenvalue weighted by atomic mass is 19.1. The molecule has 20 heavy (non-hydrogen) atoms. The Morgan fingerprint density at radius 2 is 2.00 bits per heavy atom. The van der Waals surface area contributed by atoms with Gasteiger partial charge in [0.25, 0.3) is 0 Å². The van der Waals surface area contributed by atoms with Crippen molar-refractivity contribution in [3.8, 4) is 0 Å². The summed E-state index contributed by atoms with van der Waals surface area (Å²) in [7, 11) is 0. The molecule has 3 nitrogen and oxygen atoms in total. The number of benzene rings is 2. The Bertz CT molecular complexity index is 656. The van der Waals surface area contributed by atoms with Gasteiger partial charge in [-0.3, -0.25) is 0 Å². The monoisotopic (exact) mass is 277 g/mol. The predicted octanol–water partition coefficient (Wildman–Crippen LogP) is 3.21. The van der Waals surface area contributed by atoms with Gasteiger partial charge in [-0.15, -0.1) is 0 Å². The van der Waals surface area contributed by atoms with Crippen LogP contribution in [0.1, 0.15) is 21.5 Å². The number of hydrogen-bond acceptors (Lipinski definition) is 3. The van der Waals surface area contributed by atoms with Gasteiger partial charge in [0.2, 0.25) is 0 Å². The molecule has 0 aliphatic heterocycles. The van der Waals surface area contributed by atoms with Crippen LogP contribution in [0.3, 0.4) is 0 Å². The van der Waals surface area contributed by atoms with Crippen LogP contribution in [0, 0.1) is 18.6 Å². The van der Waals surface area contributed by atoms with E-state index < -0.39 is 17.6 Å². The van der Waals surface area contributed by atoms with Gasteiger partial charge in [0, 0.05) is 17.3 Å². The Morgan fingerprint density at radius 3 is 2.70 bits per heavy atom. The van der Waals surface area contributed by atoms with E-state index in [4.69, 9.17) is 10.5 Å². The summed E-state index contributed by atoms with van der Waals surface area (Å²) < 4.78 is 31.2. The van der Waals surface area contributed by atoms with E-state index in [0.717, 1.165) is 12.1 Å². The molecule has 0 aliphatic carbocycles. The summed E-state index contributed by atoms with van der Waals surface area (Å²) in [6, 6.07) is 7.98. The molecule has 0 bridgehead atoms. The van der Waals surface area contributed by atoms with Crippen molar-refractivity contribution in [1.29, 1.82) is 0 Å². The highest BCUT2D eigenvalue weighted by molar-refractivity contribution is 5.92. The van der Waals surface area contributed by atoms with Gasteiger partial charge in [-0.05, 0) is 36.8 Å². The van der Waals surface area contributed by atoms with Crippen LogP contribution < -0.4 is 5.73 Å². The smallest absolute Gasteiger partial charge is 0.338 e. The lowest BCUT2D eigenvalue weighted by Crippen LogP contribution is -2.09. The second-order valence-corrected chi connectivity index (χ2v) is 4.33. The molecule has 0 saturated heterocycles. The molecule has 0 aromatic heterocycles. The van der Waals surface area contributed by atoms with E-state index >= 15 is 0 Å². The van der Waals surface area contributed by atoms with Crippen molar-refractivity contribution in [3.63, 3.8) is 0 Å². The largest absolute Gasteiger partial charge is 0.457 e. The number of anilines is 1. The highest BCUT2D eigenvalue weighted by Gasteiger charge is 2.13. The van der Waals surface area contributed by atoms with Crippen LogP contribution in [0.2, 0.25) is 0 Å². The van der Waals surface area contributed by atoms with Crippen molar-refractivity contribution in [2.75, 3.05) is 5.73 Å². The van der Waals surface area contributed by atoms with Gasteiger partial charge in [0.05, 0.1) is 5.56 Å². The van der Waals surface area contributed by atoms with Crippen molar-refractivity contribution in [2.45, 2.75) is 13.5 Å². The lowest BCUT2D eigenvalue weighted by Gasteiger charge is -2.09. The summed E-state index contributed by atoms with van der Waals surface area (Å²) in [6.07, 6.45) is 0. The molecule has 0 amide bonds. The van der Waals surface area contributed by atoms with E-state index in [0.29, 0.717) is 16.8 Å². The standard InChI is InChI=1S/C15H13F2NO2/c1-9-12(3-2-4-14(9)18)15(19)20-8-10-5-6-11(16)7-13(10)17/h2-7H,8,18H2,1H3. The molecular weight excluding hydrogens is 264 g/mol. The molecule has 104 valence electrons.